The molecule has 13 heteroatoms. The second kappa shape index (κ2) is 12.6. The van der Waals surface area contributed by atoms with Crippen LogP contribution in [0.3, 0.4) is 0 Å². The molecular weight excluding hydrogens is 437 g/mol. The standard InChI is InChI=1S/C14H26N3O8P.Ga/c18-12(19)1-8-26(24,25)11-17-6-4-15(9-13(20)21)2-3-16(5-7-17)10-14(22)23;/h1-11H2,(H,18,19)(H,20,21)(H,22,23)(H,24,25);/q;+3/p-3/i;1-2. The zero-order chi connectivity index (χ0) is 19.7. The van der Waals surface area contributed by atoms with Gasteiger partial charge in [-0.25, -0.2) is 0 Å². The molecule has 1 aliphatic heterocycles. The van der Waals surface area contributed by atoms with Gasteiger partial charge in [0.15, 0.2) is 0 Å². The smallest absolute Gasteiger partial charge is 0.550 e. The van der Waals surface area contributed by atoms with Gasteiger partial charge in [-0.3, -0.25) is 19.3 Å². The summed E-state index contributed by atoms with van der Waals surface area (Å²) in [6, 6.07) is 0. The topological polar surface area (TPSA) is 167 Å². The first kappa shape index (κ1) is 26.1. The van der Waals surface area contributed by atoms with Crippen LogP contribution < -0.4 is 15.3 Å². The molecule has 1 N–H and O–H groups in total. The Morgan fingerprint density at radius 1 is 0.778 bits per heavy atom. The van der Waals surface area contributed by atoms with Crippen LogP contribution in [0.4, 0.5) is 0 Å². The molecule has 0 spiro atoms. The third-order valence-electron chi connectivity index (χ3n) is 3.99. The summed E-state index contributed by atoms with van der Waals surface area (Å²) in [5, 5.41) is 32.2. The Labute approximate surface area is 170 Å². The minimum atomic E-state index is -3.75. The van der Waals surface area contributed by atoms with E-state index in [4.69, 9.17) is 0 Å². The fraction of sp³-hybridized carbons (Fsp3) is 0.786. The summed E-state index contributed by atoms with van der Waals surface area (Å²) in [5.74, 6) is -3.96. The number of aliphatic carboxylic acids is 3. The fourth-order valence-electron chi connectivity index (χ4n) is 2.66. The van der Waals surface area contributed by atoms with E-state index in [1.807, 2.05) is 0 Å². The van der Waals surface area contributed by atoms with Crippen LogP contribution in [0.15, 0.2) is 0 Å². The van der Waals surface area contributed by atoms with Crippen molar-refractivity contribution in [3.05, 3.63) is 0 Å². The Morgan fingerprint density at radius 2 is 1.15 bits per heavy atom. The van der Waals surface area contributed by atoms with Gasteiger partial charge in [-0.05, 0) is 6.42 Å². The molecule has 1 fully saturated rings. The number of carboxylic acid groups (broad SMARTS) is 3. The van der Waals surface area contributed by atoms with Crippen LogP contribution in [-0.4, -0.2) is 122 Å². The van der Waals surface area contributed by atoms with Crippen LogP contribution in [0.1, 0.15) is 6.42 Å². The molecule has 0 radical (unpaired) electrons. The number of nitrogens with zero attached hydrogens (tertiary/aromatic N) is 3. The van der Waals surface area contributed by atoms with Gasteiger partial charge in [0.2, 0.25) is 7.37 Å². The maximum atomic E-state index is 12.2. The van der Waals surface area contributed by atoms with Crippen LogP contribution in [0, 0.1) is 0 Å². The normalized spacial score (nSPS) is 19.7. The van der Waals surface area contributed by atoms with Crippen molar-refractivity contribution in [2.24, 2.45) is 0 Å². The van der Waals surface area contributed by atoms with Crippen LogP contribution in [0.25, 0.3) is 0 Å². The predicted octanol–water partition coefficient (Wildman–Crippen LogP) is -5.61. The SMILES string of the molecule is O=C([O-])CCP(=O)(O)CN1CCN(CC(=O)[O-])CCN(CC(=O)[O-])CC1.[68Ga+3]. The maximum absolute atomic E-state index is 12.2. The number of carboxylic acids is 3. The molecule has 0 aromatic carbocycles. The summed E-state index contributed by atoms with van der Waals surface area (Å²) < 4.78 is 12.2. The van der Waals surface area contributed by atoms with E-state index in [1.165, 1.54) is 0 Å². The molecule has 0 aromatic rings. The monoisotopic (exact) mass is 460 g/mol. The van der Waals surface area contributed by atoms with Gasteiger partial charge in [-0.15, -0.1) is 0 Å². The first-order chi connectivity index (χ1) is 12.1. The molecule has 1 heterocycles. The third kappa shape index (κ3) is 12.2. The average molecular weight is 460 g/mol. The number of hydrogen-bond donors (Lipinski definition) is 1. The van der Waals surface area contributed by atoms with Gasteiger partial charge < -0.3 is 34.6 Å². The van der Waals surface area contributed by atoms with Crippen LogP contribution in [0.5, 0.6) is 0 Å². The molecule has 27 heavy (non-hydrogen) atoms. The molecule has 1 atom stereocenters. The van der Waals surface area contributed by atoms with Crippen LogP contribution in [0.2, 0.25) is 0 Å². The number of carbonyl (C=O) groups is 3. The minimum absolute atomic E-state index is 0. The molecule has 0 aliphatic carbocycles. The Bertz CT molecular complexity index is 536. The Kier molecular flexibility index (Phi) is 12.1. The van der Waals surface area contributed by atoms with Gasteiger partial charge in [0.1, 0.15) is 0 Å². The first-order valence-electron chi connectivity index (χ1n) is 8.15. The molecule has 0 bridgehead atoms. The van der Waals surface area contributed by atoms with E-state index in [0.29, 0.717) is 13.1 Å². The van der Waals surface area contributed by atoms with E-state index >= 15 is 0 Å². The molecular formula is C14H23GaN3O8P. The van der Waals surface area contributed by atoms with Crippen molar-refractivity contribution in [1.82, 2.24) is 14.7 Å². The second-order valence-electron chi connectivity index (χ2n) is 6.25. The van der Waals surface area contributed by atoms with E-state index in [-0.39, 0.29) is 65.3 Å². The van der Waals surface area contributed by atoms with Gasteiger partial charge in [0, 0.05) is 64.5 Å². The van der Waals surface area contributed by atoms with Crippen molar-refractivity contribution in [2.75, 3.05) is 64.8 Å². The van der Waals surface area contributed by atoms with Crippen molar-refractivity contribution in [1.29, 1.82) is 0 Å². The Morgan fingerprint density at radius 3 is 1.48 bits per heavy atom. The van der Waals surface area contributed by atoms with Gasteiger partial charge in [0.05, 0.1) is 18.2 Å². The number of rotatable bonds is 9. The summed E-state index contributed by atoms with van der Waals surface area (Å²) in [6.07, 6.45) is -1.22. The summed E-state index contributed by atoms with van der Waals surface area (Å²) in [5.41, 5.74) is 0. The summed E-state index contributed by atoms with van der Waals surface area (Å²) in [6.45, 7) is 1.06. The zero-order valence-electron chi connectivity index (χ0n) is 14.9. The second-order valence-corrected chi connectivity index (χ2v) is 8.67. The number of carbonyl (C=O) groups excluding carboxylic acids is 3. The maximum Gasteiger partial charge on any atom is 3.00 e. The molecule has 0 saturated carbocycles. The van der Waals surface area contributed by atoms with Crippen molar-refractivity contribution in [2.45, 2.75) is 6.42 Å². The Balaban J connectivity index is 0.00000676. The zero-order valence-corrected chi connectivity index (χ0v) is 18.3. The van der Waals surface area contributed by atoms with Crippen molar-refractivity contribution in [3.63, 3.8) is 0 Å². The van der Waals surface area contributed by atoms with E-state index < -0.39 is 37.9 Å². The van der Waals surface area contributed by atoms with E-state index in [9.17, 15) is 39.2 Å². The third-order valence-corrected chi connectivity index (χ3v) is 5.75. The molecule has 1 unspecified atom stereocenters. The Hall–Kier alpha value is -0.884. The largest absolute Gasteiger partial charge is 3.00 e. The van der Waals surface area contributed by atoms with Crippen LogP contribution in [-0.2, 0) is 18.9 Å². The van der Waals surface area contributed by atoms with Crippen LogP contribution >= 0.6 is 7.37 Å². The van der Waals surface area contributed by atoms with Gasteiger partial charge in [0.25, 0.3) is 0 Å². The van der Waals surface area contributed by atoms with E-state index in [0.717, 1.165) is 0 Å². The van der Waals surface area contributed by atoms with Crippen molar-refractivity contribution < 1.29 is 39.2 Å². The summed E-state index contributed by atoms with van der Waals surface area (Å²) in [4.78, 5) is 46.8. The first-order valence-corrected chi connectivity index (χ1v) is 10.2. The molecule has 0 aromatic heterocycles. The van der Waals surface area contributed by atoms with Crippen molar-refractivity contribution in [3.8, 4) is 0 Å². The van der Waals surface area contributed by atoms with Gasteiger partial charge in [-0.2, -0.15) is 0 Å². The molecule has 1 rings (SSSR count). The molecule has 1 aliphatic rings. The quantitative estimate of drug-likeness (QED) is 0.257. The average Bonchev–Trinajstić information content (AvgIpc) is 2.58. The molecule has 11 nitrogen and oxygen atoms in total. The summed E-state index contributed by atoms with van der Waals surface area (Å²) in [7, 11) is -3.75. The molecule has 150 valence electrons. The van der Waals surface area contributed by atoms with Gasteiger partial charge in [-0.1, -0.05) is 0 Å². The number of hydrogen-bond acceptors (Lipinski definition) is 10. The van der Waals surface area contributed by atoms with Gasteiger partial charge >= 0.3 is 19.8 Å². The predicted molar refractivity (Wildman–Crippen MR) is 89.4 cm³/mol. The van der Waals surface area contributed by atoms with Crippen molar-refractivity contribution >= 4 is 45.1 Å². The van der Waals surface area contributed by atoms with E-state index in [1.54, 1.807) is 14.7 Å². The summed E-state index contributed by atoms with van der Waals surface area (Å²) >= 11 is 0. The molecule has 1 saturated heterocycles. The van der Waals surface area contributed by atoms with E-state index in [2.05, 4.69) is 0 Å². The minimum Gasteiger partial charge on any atom is -0.550 e. The molecule has 0 amide bonds. The fourth-order valence-corrected chi connectivity index (χ4v) is 4.24.